The molecule has 1 heterocycles. The van der Waals surface area contributed by atoms with E-state index in [2.05, 4.69) is 11.2 Å². The summed E-state index contributed by atoms with van der Waals surface area (Å²) in [5, 5.41) is 3.21. The first-order valence-corrected chi connectivity index (χ1v) is 3.56. The fourth-order valence-corrected chi connectivity index (χ4v) is 1.21. The Morgan fingerprint density at radius 2 is 2.60 bits per heavy atom. The number of hydrogen-bond acceptors (Lipinski definition) is 2. The maximum absolute atomic E-state index is 10.7. The summed E-state index contributed by atoms with van der Waals surface area (Å²) < 4.78 is 0. The monoisotopic (exact) mass is 137 g/mol. The first-order valence-electron chi connectivity index (χ1n) is 3.56. The van der Waals surface area contributed by atoms with E-state index in [1.807, 2.05) is 0 Å². The van der Waals surface area contributed by atoms with Gasteiger partial charge in [-0.05, 0) is 25.3 Å². The highest BCUT2D eigenvalue weighted by Gasteiger charge is 2.15. The average molecular weight is 137 g/mol. The third-order valence-electron chi connectivity index (χ3n) is 1.76. The lowest BCUT2D eigenvalue weighted by atomic mass is 10.1. The van der Waals surface area contributed by atoms with E-state index in [-0.39, 0.29) is 5.78 Å². The van der Waals surface area contributed by atoms with Crippen LogP contribution in [0.5, 0.6) is 0 Å². The molecule has 0 aromatic carbocycles. The number of carbonyl (C=O) groups excluding carboxylic acids is 1. The Balaban J connectivity index is 2.25. The maximum atomic E-state index is 10.7. The van der Waals surface area contributed by atoms with Crippen LogP contribution in [0.15, 0.2) is 0 Å². The number of carbonyl (C=O) groups is 1. The van der Waals surface area contributed by atoms with Gasteiger partial charge in [0.15, 0.2) is 0 Å². The van der Waals surface area contributed by atoms with E-state index in [1.54, 1.807) is 0 Å². The number of terminal acetylenes is 1. The van der Waals surface area contributed by atoms with Crippen LogP contribution < -0.4 is 5.32 Å². The molecule has 0 bridgehead atoms. The van der Waals surface area contributed by atoms with Crippen LogP contribution in [0.2, 0.25) is 0 Å². The number of nitrogens with one attached hydrogen (secondary N) is 1. The molecule has 0 aliphatic carbocycles. The second-order valence-electron chi connectivity index (χ2n) is 2.56. The molecule has 0 spiro atoms. The van der Waals surface area contributed by atoms with E-state index in [1.165, 1.54) is 6.42 Å². The highest BCUT2D eigenvalue weighted by Crippen LogP contribution is 2.08. The molecule has 1 unspecified atom stereocenters. The summed E-state index contributed by atoms with van der Waals surface area (Å²) >= 11 is 0. The predicted octanol–water partition coefficient (Wildman–Crippen LogP) is 0.331. The standard InChI is InChI=1S/C8H11NO/c1-2-8(10)6-7-4-3-5-9-7/h1,7,9H,3-6H2. The van der Waals surface area contributed by atoms with Gasteiger partial charge in [0.1, 0.15) is 0 Å². The van der Waals surface area contributed by atoms with Crippen LogP contribution in [0.25, 0.3) is 0 Å². The molecule has 0 radical (unpaired) electrons. The summed E-state index contributed by atoms with van der Waals surface area (Å²) in [6.07, 6.45) is 7.69. The van der Waals surface area contributed by atoms with Crippen LogP contribution in [0.3, 0.4) is 0 Å². The van der Waals surface area contributed by atoms with Gasteiger partial charge in [-0.3, -0.25) is 4.79 Å². The van der Waals surface area contributed by atoms with Gasteiger partial charge in [0, 0.05) is 12.5 Å². The van der Waals surface area contributed by atoms with Gasteiger partial charge >= 0.3 is 0 Å². The predicted molar refractivity (Wildman–Crippen MR) is 39.5 cm³/mol. The van der Waals surface area contributed by atoms with Gasteiger partial charge in [-0.15, -0.1) is 6.42 Å². The minimum Gasteiger partial charge on any atom is -0.314 e. The van der Waals surface area contributed by atoms with Gasteiger partial charge in [0.2, 0.25) is 5.78 Å². The van der Waals surface area contributed by atoms with Gasteiger partial charge in [-0.1, -0.05) is 0 Å². The second kappa shape index (κ2) is 3.38. The van der Waals surface area contributed by atoms with Crippen molar-refractivity contribution >= 4 is 5.78 Å². The molecule has 2 nitrogen and oxygen atoms in total. The number of Topliss-reactive ketones (excluding diaryl/α,β-unsaturated/α-hetero) is 1. The Kier molecular flexibility index (Phi) is 2.47. The molecule has 0 aromatic heterocycles. The Morgan fingerprint density at radius 1 is 1.80 bits per heavy atom. The van der Waals surface area contributed by atoms with Gasteiger partial charge in [0.25, 0.3) is 0 Å². The molecule has 10 heavy (non-hydrogen) atoms. The normalized spacial score (nSPS) is 24.1. The van der Waals surface area contributed by atoms with Crippen molar-refractivity contribution in [1.82, 2.24) is 5.32 Å². The largest absolute Gasteiger partial charge is 0.314 e. The molecule has 0 saturated carbocycles. The van der Waals surface area contributed by atoms with Gasteiger partial charge in [-0.25, -0.2) is 0 Å². The number of rotatable bonds is 2. The molecule has 54 valence electrons. The summed E-state index contributed by atoms with van der Waals surface area (Å²) in [6.45, 7) is 1.03. The van der Waals surface area contributed by atoms with Crippen molar-refractivity contribution in [1.29, 1.82) is 0 Å². The van der Waals surface area contributed by atoms with Crippen molar-refractivity contribution in [3.63, 3.8) is 0 Å². The van der Waals surface area contributed by atoms with Crippen LogP contribution >= 0.6 is 0 Å². The Labute approximate surface area is 61.0 Å². The summed E-state index contributed by atoms with van der Waals surface area (Å²) in [5.41, 5.74) is 0. The van der Waals surface area contributed by atoms with E-state index >= 15 is 0 Å². The zero-order valence-corrected chi connectivity index (χ0v) is 5.89. The van der Waals surface area contributed by atoms with E-state index in [0.717, 1.165) is 13.0 Å². The SMILES string of the molecule is C#CC(=O)CC1CCCN1. The maximum Gasteiger partial charge on any atom is 0.206 e. The van der Waals surface area contributed by atoms with Gasteiger partial charge in [-0.2, -0.15) is 0 Å². The Morgan fingerprint density at radius 3 is 3.10 bits per heavy atom. The minimum atomic E-state index is -0.0839. The number of hydrogen-bond donors (Lipinski definition) is 1. The van der Waals surface area contributed by atoms with E-state index in [9.17, 15) is 4.79 Å². The van der Waals surface area contributed by atoms with E-state index in [4.69, 9.17) is 6.42 Å². The lowest BCUT2D eigenvalue weighted by Crippen LogP contribution is -2.23. The van der Waals surface area contributed by atoms with E-state index < -0.39 is 0 Å². The average Bonchev–Trinajstić information content (AvgIpc) is 2.40. The molecule has 1 atom stereocenters. The first-order chi connectivity index (χ1) is 4.83. The summed E-state index contributed by atoms with van der Waals surface area (Å²) in [6, 6.07) is 0.351. The quantitative estimate of drug-likeness (QED) is 0.439. The molecule has 1 N–H and O–H groups in total. The lowest BCUT2D eigenvalue weighted by Gasteiger charge is -2.04. The molecular weight excluding hydrogens is 126 g/mol. The van der Waals surface area contributed by atoms with Crippen LogP contribution in [-0.2, 0) is 4.79 Å². The molecule has 0 amide bonds. The van der Waals surface area contributed by atoms with Crippen molar-refractivity contribution in [2.75, 3.05) is 6.54 Å². The third-order valence-corrected chi connectivity index (χ3v) is 1.76. The van der Waals surface area contributed by atoms with Crippen LogP contribution in [0, 0.1) is 12.3 Å². The highest BCUT2D eigenvalue weighted by molar-refractivity contribution is 5.95. The topological polar surface area (TPSA) is 29.1 Å². The molecule has 0 aromatic rings. The Bertz CT molecular complexity index is 163. The smallest absolute Gasteiger partial charge is 0.206 e. The highest BCUT2D eigenvalue weighted by atomic mass is 16.1. The van der Waals surface area contributed by atoms with Crippen molar-refractivity contribution in [2.45, 2.75) is 25.3 Å². The first kappa shape index (κ1) is 7.30. The molecule has 1 aliphatic rings. The zero-order chi connectivity index (χ0) is 7.40. The fourth-order valence-electron chi connectivity index (χ4n) is 1.21. The van der Waals surface area contributed by atoms with Crippen molar-refractivity contribution in [2.24, 2.45) is 0 Å². The van der Waals surface area contributed by atoms with Gasteiger partial charge < -0.3 is 5.32 Å². The van der Waals surface area contributed by atoms with Crippen molar-refractivity contribution in [3.05, 3.63) is 0 Å². The molecule has 1 aliphatic heterocycles. The summed E-state index contributed by atoms with van der Waals surface area (Å²) in [5.74, 6) is 2.03. The van der Waals surface area contributed by atoms with Gasteiger partial charge in [0.05, 0.1) is 0 Å². The molecule has 1 fully saturated rings. The van der Waals surface area contributed by atoms with Crippen LogP contribution in [-0.4, -0.2) is 18.4 Å². The van der Waals surface area contributed by atoms with Crippen LogP contribution in [0.1, 0.15) is 19.3 Å². The fraction of sp³-hybridized carbons (Fsp3) is 0.625. The van der Waals surface area contributed by atoms with Crippen molar-refractivity contribution < 1.29 is 4.79 Å². The molecular formula is C8H11NO. The van der Waals surface area contributed by atoms with Crippen LogP contribution in [0.4, 0.5) is 0 Å². The zero-order valence-electron chi connectivity index (χ0n) is 5.89. The lowest BCUT2D eigenvalue weighted by molar-refractivity contribution is -0.114. The summed E-state index contributed by atoms with van der Waals surface area (Å²) in [7, 11) is 0. The second-order valence-corrected chi connectivity index (χ2v) is 2.56. The Hall–Kier alpha value is -0.810. The minimum absolute atomic E-state index is 0.0839. The third kappa shape index (κ3) is 1.85. The molecule has 2 heteroatoms. The summed E-state index contributed by atoms with van der Waals surface area (Å²) in [4.78, 5) is 10.7. The molecule has 1 rings (SSSR count). The van der Waals surface area contributed by atoms with Crippen molar-refractivity contribution in [3.8, 4) is 12.3 Å². The number of ketones is 1. The molecule has 1 saturated heterocycles. The van der Waals surface area contributed by atoms with E-state index in [0.29, 0.717) is 12.5 Å².